The first-order valence-electron chi connectivity index (χ1n) is 3.21. The summed E-state index contributed by atoms with van der Waals surface area (Å²) in [6.45, 7) is 2.33. The molecule has 0 amide bonds. The third kappa shape index (κ3) is 5.78. The van der Waals surface area contributed by atoms with Crippen LogP contribution in [0.1, 0.15) is 32.6 Å². The zero-order valence-corrected chi connectivity index (χ0v) is 11.2. The smallest absolute Gasteiger partial charge is 0 e. The van der Waals surface area contributed by atoms with Gasteiger partial charge in [0.15, 0.2) is 0 Å². The van der Waals surface area contributed by atoms with Crippen molar-refractivity contribution in [2.45, 2.75) is 32.6 Å². The fourth-order valence-electron chi connectivity index (χ4n) is 1.13. The van der Waals surface area contributed by atoms with Crippen LogP contribution in [-0.2, 0) is 19.5 Å². The summed E-state index contributed by atoms with van der Waals surface area (Å²) in [4.78, 5) is 0. The summed E-state index contributed by atoms with van der Waals surface area (Å²) in [6, 6.07) is 0. The Balaban J connectivity index is 0. The van der Waals surface area contributed by atoms with Crippen molar-refractivity contribution in [3.8, 4) is 0 Å². The molecule has 0 bridgehead atoms. The molecule has 1 unspecified atom stereocenters. The summed E-state index contributed by atoms with van der Waals surface area (Å²) in [5, 5.41) is 0. The van der Waals surface area contributed by atoms with E-state index in [0.717, 1.165) is 5.92 Å². The molecular weight excluding hydrogens is 276 g/mol. The van der Waals surface area contributed by atoms with Gasteiger partial charge >= 0.3 is 0 Å². The molecule has 1 radical (unpaired) electrons. The summed E-state index contributed by atoms with van der Waals surface area (Å²) in [5.41, 5.74) is 0. The molecule has 0 N–H and O–H groups in total. The van der Waals surface area contributed by atoms with Crippen molar-refractivity contribution in [3.63, 3.8) is 0 Å². The molecule has 1 atom stereocenters. The number of hydrogen-bond acceptors (Lipinski definition) is 0. The zero-order valence-electron chi connectivity index (χ0n) is 6.07. The first-order valence-corrected chi connectivity index (χ1v) is 3.21. The molecule has 1 rings (SSSR count). The monoisotopic (exact) mass is 288 g/mol. The van der Waals surface area contributed by atoms with E-state index >= 15 is 0 Å². The minimum Gasteiger partial charge on any atom is -1.00 e. The van der Waals surface area contributed by atoms with E-state index in [9.17, 15) is 0 Å². The Kier molecular flexibility index (Phi) is 10.8. The first kappa shape index (κ1) is 13.0. The van der Waals surface area contributed by atoms with E-state index < -0.39 is 0 Å². The molecule has 0 heterocycles. The molecule has 0 aromatic rings. The minimum atomic E-state index is 0. The predicted molar refractivity (Wildman–Crippen MR) is 31.9 cm³/mol. The van der Waals surface area contributed by atoms with Crippen molar-refractivity contribution >= 4 is 0 Å². The zero-order chi connectivity index (χ0) is 5.11. The van der Waals surface area contributed by atoms with Crippen LogP contribution < -0.4 is 24.0 Å². The third-order valence-corrected chi connectivity index (χ3v) is 1.67. The van der Waals surface area contributed by atoms with E-state index in [1.54, 1.807) is 0 Å². The van der Waals surface area contributed by atoms with Gasteiger partial charge in [0.2, 0.25) is 0 Å². The second-order valence-electron chi connectivity index (χ2n) is 2.56. The van der Waals surface area contributed by atoms with Crippen molar-refractivity contribution < 1.29 is 43.5 Å². The van der Waals surface area contributed by atoms with Crippen LogP contribution in [0.5, 0.6) is 0 Å². The molecule has 0 spiro atoms. The molecule has 1 aliphatic rings. The molecule has 1 fully saturated rings. The van der Waals surface area contributed by atoms with Crippen LogP contribution in [0.25, 0.3) is 0 Å². The van der Waals surface area contributed by atoms with Crippen LogP contribution in [0, 0.1) is 12.3 Å². The van der Waals surface area contributed by atoms with Crippen molar-refractivity contribution in [2.75, 3.05) is 0 Å². The molecule has 0 aliphatic heterocycles. The predicted octanol–water partition coefficient (Wildman–Crippen LogP) is -0.598. The van der Waals surface area contributed by atoms with Gasteiger partial charge in [0.25, 0.3) is 0 Å². The van der Waals surface area contributed by atoms with E-state index in [-0.39, 0.29) is 43.5 Å². The molecule has 1 saturated carbocycles. The Bertz CT molecular complexity index is 50.9. The van der Waals surface area contributed by atoms with Crippen LogP contribution in [-0.4, -0.2) is 0 Å². The molecule has 51 valence electrons. The number of hydrogen-bond donors (Lipinski definition) is 0. The molecule has 9 heavy (non-hydrogen) atoms. The Morgan fingerprint density at radius 1 is 1.44 bits per heavy atom. The van der Waals surface area contributed by atoms with Gasteiger partial charge < -0.3 is 24.0 Å². The van der Waals surface area contributed by atoms with Gasteiger partial charge in [-0.1, -0.05) is 26.2 Å². The van der Waals surface area contributed by atoms with Crippen LogP contribution in [0.3, 0.4) is 0 Å². The maximum absolute atomic E-state index is 2.41. The summed E-state index contributed by atoms with van der Waals surface area (Å²) in [5.74, 6) is 0.980. The quantitative estimate of drug-likeness (QED) is 0.413. The number of rotatable bonds is 0. The Morgan fingerprint density at radius 3 is 2.33 bits per heavy atom. The summed E-state index contributed by atoms with van der Waals surface area (Å²) in [6.07, 6.45) is 8.02. The summed E-state index contributed by atoms with van der Waals surface area (Å²) in [7, 11) is 0. The minimum absolute atomic E-state index is 0. The van der Waals surface area contributed by atoms with Crippen molar-refractivity contribution in [1.82, 2.24) is 0 Å². The normalized spacial score (nSPS) is 19.7. The Labute approximate surface area is 88.0 Å². The van der Waals surface area contributed by atoms with E-state index in [2.05, 4.69) is 13.3 Å². The molecule has 0 saturated heterocycles. The topological polar surface area (TPSA) is 0 Å². The van der Waals surface area contributed by atoms with E-state index in [0.29, 0.717) is 0 Å². The van der Waals surface area contributed by atoms with Crippen LogP contribution in [0.2, 0.25) is 0 Å². The van der Waals surface area contributed by atoms with Gasteiger partial charge in [-0.15, -0.1) is 0 Å². The summed E-state index contributed by atoms with van der Waals surface area (Å²) >= 11 is 0. The average molecular weight is 289 g/mol. The maximum atomic E-state index is 2.41. The van der Waals surface area contributed by atoms with Crippen LogP contribution in [0.4, 0.5) is 0 Å². The fraction of sp³-hybridized carbons (Fsp3) is 0.857. The van der Waals surface area contributed by atoms with Crippen molar-refractivity contribution in [1.29, 1.82) is 0 Å². The van der Waals surface area contributed by atoms with Gasteiger partial charge in [-0.2, -0.15) is 0 Å². The van der Waals surface area contributed by atoms with E-state index in [4.69, 9.17) is 0 Å². The van der Waals surface area contributed by atoms with Gasteiger partial charge in [-0.05, 0) is 18.8 Å². The molecular formula is C7H13IZn-. The Morgan fingerprint density at radius 2 is 2.11 bits per heavy atom. The molecule has 2 heteroatoms. The molecule has 0 aromatic carbocycles. The van der Waals surface area contributed by atoms with Crippen molar-refractivity contribution in [3.05, 3.63) is 6.42 Å². The van der Waals surface area contributed by atoms with Crippen molar-refractivity contribution in [2.24, 2.45) is 5.92 Å². The first-order chi connectivity index (χ1) is 3.39. The van der Waals surface area contributed by atoms with E-state index in [1.807, 2.05) is 0 Å². The third-order valence-electron chi connectivity index (χ3n) is 1.67. The SMILES string of the molecule is CC1C[CH]CCC1.[I-].[Zn]. The van der Waals surface area contributed by atoms with Gasteiger partial charge in [-0.3, -0.25) is 0 Å². The maximum Gasteiger partial charge on any atom is 0 e. The van der Waals surface area contributed by atoms with Gasteiger partial charge in [0.1, 0.15) is 0 Å². The Hall–Kier alpha value is 1.35. The summed E-state index contributed by atoms with van der Waals surface area (Å²) < 4.78 is 0. The van der Waals surface area contributed by atoms with Gasteiger partial charge in [0, 0.05) is 19.5 Å². The standard InChI is InChI=1S/C7H13.HI.Zn/c1-7-5-3-2-4-6-7;;/h3,7H,2,4-6H2,1H3;1H;/p-1. The van der Waals surface area contributed by atoms with E-state index in [1.165, 1.54) is 25.7 Å². The van der Waals surface area contributed by atoms with Crippen LogP contribution in [0.15, 0.2) is 0 Å². The molecule has 0 nitrogen and oxygen atoms in total. The average Bonchev–Trinajstić information content (AvgIpc) is 1.69. The largest absolute Gasteiger partial charge is 1.00 e. The molecule has 1 aliphatic carbocycles. The van der Waals surface area contributed by atoms with Gasteiger partial charge in [-0.25, -0.2) is 0 Å². The second-order valence-corrected chi connectivity index (χ2v) is 2.56. The molecule has 0 aromatic heterocycles. The fourth-order valence-corrected chi connectivity index (χ4v) is 1.13. The van der Waals surface area contributed by atoms with Gasteiger partial charge in [0.05, 0.1) is 0 Å². The number of halogens is 1. The second kappa shape index (κ2) is 7.46. The van der Waals surface area contributed by atoms with Crippen LogP contribution >= 0.6 is 0 Å².